The maximum Gasteiger partial charge on any atom is 0.231 e. The fourth-order valence-electron chi connectivity index (χ4n) is 2.52. The van der Waals surface area contributed by atoms with Crippen LogP contribution in [0.3, 0.4) is 0 Å². The Hall–Kier alpha value is -2.27. The second-order valence-electron chi connectivity index (χ2n) is 5.26. The SMILES string of the molecule is [2H]c1c([2H])c([C@H]2C(C([2H])([2H])Oc3ccc4c(c3)OC([2H])([2H])O4)CNCC2([2H])[2H])c([2H])c([2H])c1F. The first-order valence-corrected chi connectivity index (χ1v) is 7.32. The van der Waals surface area contributed by atoms with Crippen molar-refractivity contribution in [2.75, 3.05) is 26.4 Å². The molecule has 0 amide bonds. The molecule has 0 radical (unpaired) electrons. The van der Waals surface area contributed by atoms with E-state index < -0.39 is 67.1 Å². The molecule has 0 spiro atoms. The van der Waals surface area contributed by atoms with Crippen molar-refractivity contribution in [2.24, 2.45) is 5.92 Å². The van der Waals surface area contributed by atoms with Gasteiger partial charge in [-0.1, -0.05) is 12.1 Å². The molecule has 2 atom stereocenters. The lowest BCUT2D eigenvalue weighted by atomic mass is 9.81. The Labute approximate surface area is 154 Å². The molecule has 4 nitrogen and oxygen atoms in total. The standard InChI is InChI=1S/C19H20FNO3/c20-15-3-1-13(2-4-15)17-7-8-21-10-14(17)11-22-16-5-6-18-19(9-16)24-12-23-18/h1-6,9,14,17,21H,7-8,10-12H2/t14?,17-/m0/s1/i1D,2D,3D,4D,7D2,11D2,12D2. The third-order valence-corrected chi connectivity index (χ3v) is 3.69. The minimum Gasteiger partial charge on any atom is -0.493 e. The number of ether oxygens (including phenoxy) is 3. The van der Waals surface area contributed by atoms with Crippen LogP contribution in [0.5, 0.6) is 17.2 Å². The molecule has 2 aromatic carbocycles. The van der Waals surface area contributed by atoms with Crippen LogP contribution in [-0.4, -0.2) is 26.4 Å². The van der Waals surface area contributed by atoms with Crippen molar-refractivity contribution < 1.29 is 32.3 Å². The van der Waals surface area contributed by atoms with Crippen molar-refractivity contribution in [1.82, 2.24) is 5.32 Å². The van der Waals surface area contributed by atoms with E-state index in [1.54, 1.807) is 0 Å². The largest absolute Gasteiger partial charge is 0.493 e. The lowest BCUT2D eigenvalue weighted by Crippen LogP contribution is -2.38. The molecule has 1 unspecified atom stereocenters. The molecule has 0 aromatic heterocycles. The van der Waals surface area contributed by atoms with Gasteiger partial charge in [0.05, 0.1) is 14.8 Å². The van der Waals surface area contributed by atoms with Crippen molar-refractivity contribution in [3.63, 3.8) is 0 Å². The lowest BCUT2D eigenvalue weighted by molar-refractivity contribution is 0.173. The second-order valence-corrected chi connectivity index (χ2v) is 5.26. The second kappa shape index (κ2) is 6.69. The van der Waals surface area contributed by atoms with Crippen molar-refractivity contribution in [2.45, 2.75) is 12.3 Å². The van der Waals surface area contributed by atoms with Crippen LogP contribution in [0.15, 0.2) is 42.4 Å². The number of rotatable bonds is 4. The average Bonchev–Trinajstić information content (AvgIpc) is 3.04. The van der Waals surface area contributed by atoms with Crippen molar-refractivity contribution in [3.8, 4) is 17.2 Å². The summed E-state index contributed by atoms with van der Waals surface area (Å²) in [5.74, 6) is -4.25. The maximum absolute atomic E-state index is 14.1. The van der Waals surface area contributed by atoms with Crippen LogP contribution in [0.1, 0.15) is 31.6 Å². The van der Waals surface area contributed by atoms with Crippen LogP contribution in [0.4, 0.5) is 4.39 Å². The van der Waals surface area contributed by atoms with Crippen LogP contribution < -0.4 is 19.5 Å². The first-order chi connectivity index (χ1) is 15.6. The Morgan fingerprint density at radius 2 is 2.12 bits per heavy atom. The van der Waals surface area contributed by atoms with Gasteiger partial charge < -0.3 is 19.5 Å². The van der Waals surface area contributed by atoms with Crippen molar-refractivity contribution in [1.29, 1.82) is 0 Å². The summed E-state index contributed by atoms with van der Waals surface area (Å²) >= 11 is 0. The molecular formula is C19H20FNO3. The van der Waals surface area contributed by atoms with Gasteiger partial charge in [-0.3, -0.25) is 0 Å². The summed E-state index contributed by atoms with van der Waals surface area (Å²) in [5, 5.41) is 2.77. The molecule has 1 N–H and O–H groups in total. The minimum atomic E-state index is -2.62. The number of benzene rings is 2. The van der Waals surface area contributed by atoms with Crippen LogP contribution in [0.25, 0.3) is 0 Å². The molecule has 2 heterocycles. The number of halogens is 1. The molecular weight excluding hydrogens is 309 g/mol. The van der Waals surface area contributed by atoms with Crippen molar-refractivity contribution in [3.05, 3.63) is 53.7 Å². The molecule has 2 aliphatic heterocycles. The van der Waals surface area contributed by atoms with Gasteiger partial charge in [-0.25, -0.2) is 4.39 Å². The summed E-state index contributed by atoms with van der Waals surface area (Å²) in [4.78, 5) is 0. The van der Waals surface area contributed by atoms with E-state index in [4.69, 9.17) is 27.9 Å². The van der Waals surface area contributed by atoms with Gasteiger partial charge in [-0.2, -0.15) is 0 Å². The summed E-state index contributed by atoms with van der Waals surface area (Å²) in [6.07, 6.45) is -2.23. The van der Waals surface area contributed by atoms with Crippen LogP contribution in [0, 0.1) is 11.7 Å². The molecule has 2 aromatic rings. The Morgan fingerprint density at radius 3 is 3.00 bits per heavy atom. The summed E-state index contributed by atoms with van der Waals surface area (Å²) < 4.78 is 111. The highest BCUT2D eigenvalue weighted by Gasteiger charge is 2.27. The van der Waals surface area contributed by atoms with Gasteiger partial charge in [0.15, 0.2) is 11.5 Å². The molecule has 0 saturated carbocycles. The fourth-order valence-corrected chi connectivity index (χ4v) is 2.52. The summed E-state index contributed by atoms with van der Waals surface area (Å²) in [6.45, 7) is -5.41. The molecule has 1 saturated heterocycles. The van der Waals surface area contributed by atoms with Gasteiger partial charge in [0.1, 0.15) is 14.3 Å². The van der Waals surface area contributed by atoms with E-state index in [-0.39, 0.29) is 30.3 Å². The summed E-state index contributed by atoms with van der Waals surface area (Å²) in [6, 6.07) is 0.372. The highest BCUT2D eigenvalue weighted by Crippen LogP contribution is 2.36. The third kappa shape index (κ3) is 3.17. The molecule has 4 rings (SSSR count). The molecule has 0 aliphatic carbocycles. The quantitative estimate of drug-likeness (QED) is 0.927. The average molecular weight is 339 g/mol. The van der Waals surface area contributed by atoms with E-state index in [2.05, 4.69) is 5.32 Å². The van der Waals surface area contributed by atoms with E-state index in [0.29, 0.717) is 0 Å². The van der Waals surface area contributed by atoms with Gasteiger partial charge in [0.25, 0.3) is 0 Å². The lowest BCUT2D eigenvalue weighted by Gasteiger charge is -2.32. The number of hydrogen-bond donors (Lipinski definition) is 1. The third-order valence-electron chi connectivity index (χ3n) is 3.69. The molecule has 2 aliphatic rings. The Bertz CT molecular complexity index is 1120. The smallest absolute Gasteiger partial charge is 0.231 e. The Morgan fingerprint density at radius 1 is 1.29 bits per heavy atom. The normalized spacial score (nSPS) is 33.2. The van der Waals surface area contributed by atoms with Gasteiger partial charge in [0, 0.05) is 21.3 Å². The Balaban J connectivity index is 1.74. The minimum absolute atomic E-state index is 0.0231. The van der Waals surface area contributed by atoms with Gasteiger partial charge >= 0.3 is 0 Å². The molecule has 0 bridgehead atoms. The first-order valence-electron chi connectivity index (χ1n) is 12.3. The van der Waals surface area contributed by atoms with Gasteiger partial charge in [0.2, 0.25) is 6.75 Å². The predicted octanol–water partition coefficient (Wildman–Crippen LogP) is 3.33. The molecule has 5 heteroatoms. The zero-order valence-electron chi connectivity index (χ0n) is 22.4. The number of hydrogen-bond acceptors (Lipinski definition) is 4. The maximum atomic E-state index is 14.1. The summed E-state index contributed by atoms with van der Waals surface area (Å²) in [5.41, 5.74) is -0.431. The molecule has 126 valence electrons. The van der Waals surface area contributed by atoms with Gasteiger partial charge in [-0.05, 0) is 48.6 Å². The van der Waals surface area contributed by atoms with Crippen LogP contribution in [-0.2, 0) is 0 Å². The zero-order chi connectivity index (χ0) is 25.2. The highest BCUT2D eigenvalue weighted by molar-refractivity contribution is 5.46. The van der Waals surface area contributed by atoms with Crippen LogP contribution in [0.2, 0.25) is 0 Å². The number of piperidine rings is 1. The van der Waals surface area contributed by atoms with E-state index >= 15 is 0 Å². The van der Waals surface area contributed by atoms with Crippen molar-refractivity contribution >= 4 is 0 Å². The molecule has 1 fully saturated rings. The highest BCUT2D eigenvalue weighted by atomic mass is 19.1. The number of fused-ring (bicyclic) bond motifs is 1. The topological polar surface area (TPSA) is 39.7 Å². The van der Waals surface area contributed by atoms with E-state index in [1.165, 1.54) is 18.2 Å². The van der Waals surface area contributed by atoms with Crippen LogP contribution >= 0.6 is 0 Å². The van der Waals surface area contributed by atoms with E-state index in [0.717, 1.165) is 0 Å². The zero-order valence-corrected chi connectivity index (χ0v) is 12.4. The molecule has 24 heavy (non-hydrogen) atoms. The first kappa shape index (κ1) is 7.74. The van der Waals surface area contributed by atoms with E-state index in [9.17, 15) is 4.39 Å². The van der Waals surface area contributed by atoms with E-state index in [1.807, 2.05) is 0 Å². The monoisotopic (exact) mass is 339 g/mol. The summed E-state index contributed by atoms with van der Waals surface area (Å²) in [7, 11) is 0. The Kier molecular flexibility index (Phi) is 2.16. The predicted molar refractivity (Wildman–Crippen MR) is 88.2 cm³/mol. The fraction of sp³-hybridized carbons (Fsp3) is 0.368. The number of nitrogens with one attached hydrogen (secondary N) is 1. The van der Waals surface area contributed by atoms with Gasteiger partial charge in [-0.15, -0.1) is 0 Å².